The molecule has 12 heavy (non-hydrogen) atoms. The van der Waals surface area contributed by atoms with Gasteiger partial charge in [-0.2, -0.15) is 0 Å². The van der Waals surface area contributed by atoms with Crippen molar-refractivity contribution in [2.24, 2.45) is 22.4 Å². The molecule has 4 N–H and O–H groups in total. The number of nitrogens with two attached hydrogens (primary N) is 2. The lowest BCUT2D eigenvalue weighted by molar-refractivity contribution is -0.118. The number of aliphatic imine (C=N–C) groups is 1. The molecule has 1 fully saturated rings. The second-order valence-corrected chi connectivity index (χ2v) is 3.15. The molecular formula is C8H15N3O. The summed E-state index contributed by atoms with van der Waals surface area (Å²) < 4.78 is 0. The zero-order valence-corrected chi connectivity index (χ0v) is 7.12. The van der Waals surface area contributed by atoms with Gasteiger partial charge in [-0.15, -0.1) is 0 Å². The summed E-state index contributed by atoms with van der Waals surface area (Å²) in [7, 11) is 0. The highest BCUT2D eigenvalue weighted by molar-refractivity contribution is 5.84. The molecule has 0 heterocycles. The summed E-state index contributed by atoms with van der Waals surface area (Å²) in [6, 6.07) is 0. The zero-order chi connectivity index (χ0) is 8.97. The lowest BCUT2D eigenvalue weighted by Gasteiger charge is -1.96. The van der Waals surface area contributed by atoms with Crippen LogP contribution in [0.3, 0.4) is 0 Å². The predicted molar refractivity (Wildman–Crippen MR) is 47.6 cm³/mol. The molecule has 0 radical (unpaired) electrons. The highest BCUT2D eigenvalue weighted by Crippen LogP contribution is 2.28. The van der Waals surface area contributed by atoms with Crippen LogP contribution in [0.4, 0.5) is 0 Å². The average Bonchev–Trinajstić information content (AvgIpc) is 2.79. The molecule has 0 spiro atoms. The summed E-state index contributed by atoms with van der Waals surface area (Å²) in [5.41, 5.74) is 10.6. The number of amidine groups is 1. The summed E-state index contributed by atoms with van der Waals surface area (Å²) in [6.45, 7) is 0.630. The Hall–Kier alpha value is -1.06. The molecule has 0 aromatic carbocycles. The van der Waals surface area contributed by atoms with Crippen LogP contribution in [-0.2, 0) is 4.79 Å². The van der Waals surface area contributed by atoms with E-state index in [1.165, 1.54) is 12.8 Å². The maximum absolute atomic E-state index is 10.3. The molecular weight excluding hydrogens is 154 g/mol. The van der Waals surface area contributed by atoms with E-state index in [1.54, 1.807) is 0 Å². The number of hydrogen-bond donors (Lipinski definition) is 2. The van der Waals surface area contributed by atoms with Crippen molar-refractivity contribution in [2.75, 3.05) is 6.54 Å². The largest absolute Gasteiger partial charge is 0.387 e. The van der Waals surface area contributed by atoms with Gasteiger partial charge in [-0.3, -0.25) is 9.79 Å². The first-order valence-corrected chi connectivity index (χ1v) is 4.28. The maximum atomic E-state index is 10.3. The predicted octanol–water partition coefficient (Wildman–Crippen LogP) is 0.0191. The van der Waals surface area contributed by atoms with Crippen LogP contribution < -0.4 is 11.5 Å². The topological polar surface area (TPSA) is 81.5 Å². The van der Waals surface area contributed by atoms with E-state index in [2.05, 4.69) is 4.99 Å². The van der Waals surface area contributed by atoms with Gasteiger partial charge in [0, 0.05) is 18.9 Å². The smallest absolute Gasteiger partial charge is 0.217 e. The minimum absolute atomic E-state index is 0.268. The Bertz CT molecular complexity index is 196. The SMILES string of the molecule is NC(=O)CCCN=C(N)C1CC1. The second kappa shape index (κ2) is 4.09. The molecule has 0 atom stereocenters. The Morgan fingerprint density at radius 2 is 2.08 bits per heavy atom. The number of rotatable bonds is 5. The first-order chi connectivity index (χ1) is 5.70. The van der Waals surface area contributed by atoms with Crippen molar-refractivity contribution in [3.05, 3.63) is 0 Å². The first-order valence-electron chi connectivity index (χ1n) is 4.28. The van der Waals surface area contributed by atoms with Gasteiger partial charge in [0.15, 0.2) is 0 Å². The molecule has 4 nitrogen and oxygen atoms in total. The minimum atomic E-state index is -0.268. The zero-order valence-electron chi connectivity index (χ0n) is 7.12. The van der Waals surface area contributed by atoms with Crippen molar-refractivity contribution < 1.29 is 4.79 Å². The van der Waals surface area contributed by atoms with Gasteiger partial charge in [-0.25, -0.2) is 0 Å². The summed E-state index contributed by atoms with van der Waals surface area (Å²) in [4.78, 5) is 14.5. The van der Waals surface area contributed by atoms with Gasteiger partial charge in [-0.05, 0) is 19.3 Å². The van der Waals surface area contributed by atoms with E-state index in [-0.39, 0.29) is 5.91 Å². The van der Waals surface area contributed by atoms with Gasteiger partial charge in [0.25, 0.3) is 0 Å². The van der Waals surface area contributed by atoms with Gasteiger partial charge < -0.3 is 11.5 Å². The molecule has 1 aliphatic carbocycles. The third kappa shape index (κ3) is 3.37. The Morgan fingerprint density at radius 1 is 1.42 bits per heavy atom. The molecule has 0 saturated heterocycles. The summed E-state index contributed by atoms with van der Waals surface area (Å²) in [5, 5.41) is 0. The first kappa shape index (κ1) is 9.03. The fourth-order valence-electron chi connectivity index (χ4n) is 0.970. The van der Waals surface area contributed by atoms with Crippen molar-refractivity contribution in [1.82, 2.24) is 0 Å². The fourth-order valence-corrected chi connectivity index (χ4v) is 0.970. The fraction of sp³-hybridized carbons (Fsp3) is 0.750. The minimum Gasteiger partial charge on any atom is -0.387 e. The molecule has 0 unspecified atom stereocenters. The van der Waals surface area contributed by atoms with Crippen LogP contribution in [-0.4, -0.2) is 18.3 Å². The molecule has 68 valence electrons. The molecule has 0 aromatic heterocycles. The monoisotopic (exact) mass is 169 g/mol. The summed E-state index contributed by atoms with van der Waals surface area (Å²) >= 11 is 0. The van der Waals surface area contributed by atoms with E-state index in [0.29, 0.717) is 25.3 Å². The summed E-state index contributed by atoms with van der Waals surface area (Å²) in [6.07, 6.45) is 3.46. The van der Waals surface area contributed by atoms with Crippen molar-refractivity contribution in [3.8, 4) is 0 Å². The molecule has 1 saturated carbocycles. The van der Waals surface area contributed by atoms with Gasteiger partial charge in [-0.1, -0.05) is 0 Å². The van der Waals surface area contributed by atoms with Gasteiger partial charge >= 0.3 is 0 Å². The number of nitrogens with zero attached hydrogens (tertiary/aromatic N) is 1. The van der Waals surface area contributed by atoms with Crippen LogP contribution >= 0.6 is 0 Å². The lowest BCUT2D eigenvalue weighted by Crippen LogP contribution is -2.15. The normalized spacial score (nSPS) is 17.8. The van der Waals surface area contributed by atoms with Crippen LogP contribution in [0.5, 0.6) is 0 Å². The molecule has 1 amide bonds. The number of carbonyl (C=O) groups excluding carboxylic acids is 1. The van der Waals surface area contributed by atoms with E-state index < -0.39 is 0 Å². The van der Waals surface area contributed by atoms with E-state index in [9.17, 15) is 4.79 Å². The van der Waals surface area contributed by atoms with Crippen molar-refractivity contribution in [3.63, 3.8) is 0 Å². The molecule has 1 rings (SSSR count). The lowest BCUT2D eigenvalue weighted by atomic mass is 10.3. The molecule has 1 aliphatic rings. The molecule has 0 aromatic rings. The quantitative estimate of drug-likeness (QED) is 0.345. The van der Waals surface area contributed by atoms with Crippen molar-refractivity contribution >= 4 is 11.7 Å². The van der Waals surface area contributed by atoms with Crippen LogP contribution in [0, 0.1) is 5.92 Å². The Morgan fingerprint density at radius 3 is 2.58 bits per heavy atom. The number of hydrogen-bond acceptors (Lipinski definition) is 2. The Kier molecular flexibility index (Phi) is 3.08. The maximum Gasteiger partial charge on any atom is 0.217 e. The van der Waals surface area contributed by atoms with Crippen LogP contribution in [0.1, 0.15) is 25.7 Å². The molecule has 0 bridgehead atoms. The molecule has 4 heteroatoms. The number of amides is 1. The second-order valence-electron chi connectivity index (χ2n) is 3.15. The van der Waals surface area contributed by atoms with Crippen molar-refractivity contribution in [2.45, 2.75) is 25.7 Å². The number of carbonyl (C=O) groups is 1. The van der Waals surface area contributed by atoms with Gasteiger partial charge in [0.05, 0.1) is 5.84 Å². The van der Waals surface area contributed by atoms with E-state index in [0.717, 1.165) is 5.84 Å². The van der Waals surface area contributed by atoms with Gasteiger partial charge in [0.2, 0.25) is 5.91 Å². The highest BCUT2D eigenvalue weighted by Gasteiger charge is 2.24. The highest BCUT2D eigenvalue weighted by atomic mass is 16.1. The standard InChI is InChI=1S/C8H15N3O/c9-7(12)2-1-5-11-8(10)6-3-4-6/h6H,1-5H2,(H2,9,12)(H2,10,11). The number of primary amides is 1. The summed E-state index contributed by atoms with van der Waals surface area (Å²) in [5.74, 6) is 1.01. The van der Waals surface area contributed by atoms with E-state index in [4.69, 9.17) is 11.5 Å². The van der Waals surface area contributed by atoms with E-state index in [1.807, 2.05) is 0 Å². The van der Waals surface area contributed by atoms with Crippen LogP contribution in [0.2, 0.25) is 0 Å². The van der Waals surface area contributed by atoms with Gasteiger partial charge in [0.1, 0.15) is 0 Å². The van der Waals surface area contributed by atoms with Crippen molar-refractivity contribution in [1.29, 1.82) is 0 Å². The molecule has 0 aliphatic heterocycles. The van der Waals surface area contributed by atoms with E-state index >= 15 is 0 Å². The average molecular weight is 169 g/mol. The third-order valence-corrected chi connectivity index (χ3v) is 1.87. The van der Waals surface area contributed by atoms with Crippen LogP contribution in [0.15, 0.2) is 4.99 Å². The third-order valence-electron chi connectivity index (χ3n) is 1.87. The van der Waals surface area contributed by atoms with Crippen LogP contribution in [0.25, 0.3) is 0 Å². The Labute approximate surface area is 72.0 Å². The Balaban J connectivity index is 2.07.